The summed E-state index contributed by atoms with van der Waals surface area (Å²) in [4.78, 5) is 52.1. The topological polar surface area (TPSA) is 117 Å². The number of fused-ring (bicyclic) bond motifs is 2. The molecule has 1 aliphatic rings. The summed E-state index contributed by atoms with van der Waals surface area (Å²) in [6.45, 7) is 2.73. The van der Waals surface area contributed by atoms with E-state index in [1.807, 2.05) is 18.2 Å². The monoisotopic (exact) mass is 483 g/mol. The van der Waals surface area contributed by atoms with Gasteiger partial charge in [0.1, 0.15) is 10.6 Å². The summed E-state index contributed by atoms with van der Waals surface area (Å²) in [6, 6.07) is 5.60. The number of likely N-dealkylation sites (tertiary alicyclic amines) is 1. The fourth-order valence-corrected chi connectivity index (χ4v) is 6.08. The second kappa shape index (κ2) is 8.56. The lowest BCUT2D eigenvalue weighted by Crippen LogP contribution is -2.41. The van der Waals surface area contributed by atoms with E-state index in [0.29, 0.717) is 51.7 Å². The lowest BCUT2D eigenvalue weighted by molar-refractivity contribution is -0.121. The quantitative estimate of drug-likeness (QED) is 0.459. The van der Waals surface area contributed by atoms with Crippen LogP contribution in [0.4, 0.5) is 5.13 Å². The number of thiazole rings is 1. The fraction of sp³-hybridized carbons (Fsp3) is 0.318. The van der Waals surface area contributed by atoms with Gasteiger partial charge in [-0.2, -0.15) is 0 Å². The smallest absolute Gasteiger partial charge is 0.264 e. The highest BCUT2D eigenvalue weighted by atomic mass is 32.1. The molecule has 5 rings (SSSR count). The summed E-state index contributed by atoms with van der Waals surface area (Å²) in [6.07, 6.45) is 2.49. The molecule has 2 N–H and O–H groups in total. The number of nitrogens with one attached hydrogen (secondary N) is 2. The zero-order valence-corrected chi connectivity index (χ0v) is 19.6. The number of aryl methyl sites for hydroxylation is 1. The van der Waals surface area contributed by atoms with Crippen molar-refractivity contribution >= 4 is 60.1 Å². The summed E-state index contributed by atoms with van der Waals surface area (Å²) in [5.74, 6) is 0.356. The standard InChI is InChI=1S/C22H21N5O4S2/c1-11-16-19(29)23-10-24-20(16)33-17(11)21(30)27-7-5-12(6-8-27)18(28)26-22-25-14-4-3-13(31-2)9-15(14)32-22/h3-4,9-10,12H,5-8H2,1-2H3,(H,23,24,29)(H,25,26,28). The summed E-state index contributed by atoms with van der Waals surface area (Å²) < 4.78 is 6.18. The fourth-order valence-electron chi connectivity index (χ4n) is 4.06. The Morgan fingerprint density at radius 3 is 2.76 bits per heavy atom. The predicted octanol–water partition coefficient (Wildman–Crippen LogP) is 3.40. The van der Waals surface area contributed by atoms with Gasteiger partial charge in [-0.25, -0.2) is 9.97 Å². The number of nitrogens with zero attached hydrogens (tertiary/aromatic N) is 3. The third-order valence-corrected chi connectivity index (χ3v) is 8.03. The maximum absolute atomic E-state index is 13.1. The van der Waals surface area contributed by atoms with Gasteiger partial charge in [-0.15, -0.1) is 11.3 Å². The molecule has 4 heterocycles. The van der Waals surface area contributed by atoms with Gasteiger partial charge in [0.15, 0.2) is 5.13 Å². The molecular formula is C22H21N5O4S2. The first-order valence-corrected chi connectivity index (χ1v) is 12.1. The molecule has 1 aliphatic heterocycles. The van der Waals surface area contributed by atoms with Crippen LogP contribution in [0.15, 0.2) is 29.3 Å². The van der Waals surface area contributed by atoms with Crippen LogP contribution in [0, 0.1) is 12.8 Å². The molecule has 4 aromatic rings. The third-order valence-electron chi connectivity index (χ3n) is 5.91. The van der Waals surface area contributed by atoms with Gasteiger partial charge in [0.25, 0.3) is 11.5 Å². The van der Waals surface area contributed by atoms with E-state index in [4.69, 9.17) is 4.74 Å². The largest absolute Gasteiger partial charge is 0.497 e. The van der Waals surface area contributed by atoms with Crippen molar-refractivity contribution in [2.24, 2.45) is 5.92 Å². The molecule has 1 aromatic carbocycles. The molecule has 0 bridgehead atoms. The average molecular weight is 484 g/mol. The normalized spacial score (nSPS) is 14.7. The number of aromatic nitrogens is 3. The van der Waals surface area contributed by atoms with Crippen molar-refractivity contribution in [3.8, 4) is 5.75 Å². The molecule has 3 aromatic heterocycles. The van der Waals surface area contributed by atoms with Crippen molar-refractivity contribution in [2.45, 2.75) is 19.8 Å². The van der Waals surface area contributed by atoms with E-state index in [1.54, 1.807) is 18.9 Å². The second-order valence-corrected chi connectivity index (χ2v) is 9.91. The molecule has 0 radical (unpaired) electrons. The highest BCUT2D eigenvalue weighted by Gasteiger charge is 2.30. The van der Waals surface area contributed by atoms with Crippen molar-refractivity contribution < 1.29 is 14.3 Å². The summed E-state index contributed by atoms with van der Waals surface area (Å²) >= 11 is 2.64. The SMILES string of the molecule is COc1ccc2nc(NC(=O)C3CCN(C(=O)c4sc5nc[nH]c(=O)c5c4C)CC3)sc2c1. The molecule has 0 unspecified atom stereocenters. The van der Waals surface area contributed by atoms with Crippen molar-refractivity contribution in [1.82, 2.24) is 19.9 Å². The molecule has 0 atom stereocenters. The Hall–Kier alpha value is -3.31. The van der Waals surface area contributed by atoms with Crippen LogP contribution >= 0.6 is 22.7 Å². The molecule has 1 saturated heterocycles. The van der Waals surface area contributed by atoms with Crippen LogP contribution in [-0.2, 0) is 4.79 Å². The molecule has 33 heavy (non-hydrogen) atoms. The van der Waals surface area contributed by atoms with E-state index in [0.717, 1.165) is 16.0 Å². The Morgan fingerprint density at radius 2 is 2.03 bits per heavy atom. The Bertz CT molecular complexity index is 1430. The van der Waals surface area contributed by atoms with E-state index in [2.05, 4.69) is 20.3 Å². The molecule has 11 heteroatoms. The van der Waals surface area contributed by atoms with E-state index in [1.165, 1.54) is 29.0 Å². The van der Waals surface area contributed by atoms with E-state index in [-0.39, 0.29) is 23.3 Å². The molecule has 2 amide bonds. The number of benzene rings is 1. The van der Waals surface area contributed by atoms with Crippen LogP contribution in [0.1, 0.15) is 28.1 Å². The predicted molar refractivity (Wildman–Crippen MR) is 128 cm³/mol. The van der Waals surface area contributed by atoms with E-state index >= 15 is 0 Å². The molecule has 0 spiro atoms. The number of carbonyl (C=O) groups excluding carboxylic acids is 2. The van der Waals surface area contributed by atoms with Crippen LogP contribution in [-0.4, -0.2) is 51.9 Å². The Labute approximate surface area is 196 Å². The van der Waals surface area contributed by atoms with Crippen LogP contribution in [0.3, 0.4) is 0 Å². The van der Waals surface area contributed by atoms with Gasteiger partial charge in [0.05, 0.1) is 33.9 Å². The number of carbonyl (C=O) groups is 2. The highest BCUT2D eigenvalue weighted by Crippen LogP contribution is 2.31. The van der Waals surface area contributed by atoms with Crippen LogP contribution in [0.25, 0.3) is 20.4 Å². The first-order chi connectivity index (χ1) is 15.9. The highest BCUT2D eigenvalue weighted by molar-refractivity contribution is 7.22. The maximum atomic E-state index is 13.1. The van der Waals surface area contributed by atoms with Gasteiger partial charge in [-0.1, -0.05) is 11.3 Å². The van der Waals surface area contributed by atoms with Crippen molar-refractivity contribution in [3.63, 3.8) is 0 Å². The molecule has 0 saturated carbocycles. The molecule has 170 valence electrons. The van der Waals surface area contributed by atoms with Crippen molar-refractivity contribution in [3.05, 3.63) is 45.3 Å². The minimum absolute atomic E-state index is 0.0816. The Balaban J connectivity index is 1.24. The van der Waals surface area contributed by atoms with Crippen molar-refractivity contribution in [1.29, 1.82) is 0 Å². The number of methoxy groups -OCH3 is 1. The average Bonchev–Trinajstić information content (AvgIpc) is 3.38. The van der Waals surface area contributed by atoms with Crippen LogP contribution < -0.4 is 15.6 Å². The van der Waals surface area contributed by atoms with Gasteiger partial charge in [0, 0.05) is 19.0 Å². The van der Waals surface area contributed by atoms with E-state index < -0.39 is 0 Å². The van der Waals surface area contributed by atoms with Crippen LogP contribution in [0.2, 0.25) is 0 Å². The lowest BCUT2D eigenvalue weighted by Gasteiger charge is -2.31. The lowest BCUT2D eigenvalue weighted by atomic mass is 9.95. The van der Waals surface area contributed by atoms with Gasteiger partial charge in [0.2, 0.25) is 5.91 Å². The third kappa shape index (κ3) is 3.98. The first kappa shape index (κ1) is 21.5. The zero-order chi connectivity index (χ0) is 23.1. The number of piperidine rings is 1. The number of aromatic amines is 1. The Kier molecular flexibility index (Phi) is 5.59. The molecule has 0 aliphatic carbocycles. The molecule has 9 nitrogen and oxygen atoms in total. The summed E-state index contributed by atoms with van der Waals surface area (Å²) in [7, 11) is 1.61. The van der Waals surface area contributed by atoms with E-state index in [9.17, 15) is 14.4 Å². The molecular weight excluding hydrogens is 462 g/mol. The molecule has 1 fully saturated rings. The van der Waals surface area contributed by atoms with Crippen molar-refractivity contribution in [2.75, 3.05) is 25.5 Å². The number of amides is 2. The number of thiophene rings is 1. The summed E-state index contributed by atoms with van der Waals surface area (Å²) in [5, 5.41) is 3.95. The van der Waals surface area contributed by atoms with Gasteiger partial charge in [-0.3, -0.25) is 14.4 Å². The minimum Gasteiger partial charge on any atom is -0.497 e. The zero-order valence-electron chi connectivity index (χ0n) is 18.0. The number of H-pyrrole nitrogens is 1. The minimum atomic E-state index is -0.239. The number of hydrogen-bond donors (Lipinski definition) is 2. The summed E-state index contributed by atoms with van der Waals surface area (Å²) in [5.41, 5.74) is 1.22. The Morgan fingerprint density at radius 1 is 1.24 bits per heavy atom. The number of anilines is 1. The number of rotatable bonds is 4. The second-order valence-electron chi connectivity index (χ2n) is 7.88. The first-order valence-electron chi connectivity index (χ1n) is 10.5. The maximum Gasteiger partial charge on any atom is 0.264 e. The number of hydrogen-bond acceptors (Lipinski definition) is 8. The number of ether oxygens (including phenoxy) is 1. The van der Waals surface area contributed by atoms with Gasteiger partial charge < -0.3 is 19.9 Å². The van der Waals surface area contributed by atoms with Crippen LogP contribution in [0.5, 0.6) is 5.75 Å². The van der Waals surface area contributed by atoms with Gasteiger partial charge in [-0.05, 0) is 43.5 Å². The van der Waals surface area contributed by atoms with Gasteiger partial charge >= 0.3 is 0 Å².